The topological polar surface area (TPSA) is 85.2 Å². The van der Waals surface area contributed by atoms with E-state index in [1.165, 1.54) is 0 Å². The van der Waals surface area contributed by atoms with E-state index in [9.17, 15) is 9.59 Å². The summed E-state index contributed by atoms with van der Waals surface area (Å²) in [7, 11) is 1.58. The first-order valence-electron chi connectivity index (χ1n) is 8.96. The third-order valence-corrected chi connectivity index (χ3v) is 4.79. The van der Waals surface area contributed by atoms with E-state index in [1.54, 1.807) is 36.1 Å². The number of amides is 2. The van der Waals surface area contributed by atoms with Crippen LogP contribution in [0.2, 0.25) is 0 Å². The number of rotatable bonds is 4. The van der Waals surface area contributed by atoms with Gasteiger partial charge in [0.05, 0.1) is 19.2 Å². The zero-order valence-corrected chi connectivity index (χ0v) is 15.6. The maximum absolute atomic E-state index is 12.9. The second-order valence-electron chi connectivity index (χ2n) is 6.62. The largest absolute Gasteiger partial charge is 0.497 e. The highest BCUT2D eigenvalue weighted by Gasteiger charge is 2.34. The highest BCUT2D eigenvalue weighted by Crippen LogP contribution is 2.34. The molecule has 1 aliphatic rings. The van der Waals surface area contributed by atoms with Gasteiger partial charge < -0.3 is 15.4 Å². The van der Waals surface area contributed by atoms with Crippen LogP contribution in [-0.2, 0) is 9.59 Å². The average molecular weight is 376 g/mol. The van der Waals surface area contributed by atoms with E-state index in [0.29, 0.717) is 17.3 Å². The lowest BCUT2D eigenvalue weighted by Gasteiger charge is -2.24. The highest BCUT2D eigenvalue weighted by molar-refractivity contribution is 6.02. The minimum atomic E-state index is -0.720. The van der Waals surface area contributed by atoms with Crippen LogP contribution in [0, 0.1) is 6.92 Å². The lowest BCUT2D eigenvalue weighted by Crippen LogP contribution is -2.35. The van der Waals surface area contributed by atoms with Crippen LogP contribution < -0.4 is 15.4 Å². The van der Waals surface area contributed by atoms with Crippen molar-refractivity contribution in [2.75, 3.05) is 17.7 Å². The molecule has 0 saturated heterocycles. The summed E-state index contributed by atoms with van der Waals surface area (Å²) in [6, 6.07) is 16.0. The average Bonchev–Trinajstić information content (AvgIpc) is 3.05. The summed E-state index contributed by atoms with van der Waals surface area (Å²) < 4.78 is 6.74. The number of aromatic nitrogens is 2. The number of hydrogen-bond acceptors (Lipinski definition) is 4. The van der Waals surface area contributed by atoms with E-state index in [-0.39, 0.29) is 18.2 Å². The molecule has 28 heavy (non-hydrogen) atoms. The second-order valence-corrected chi connectivity index (χ2v) is 6.62. The molecule has 1 aliphatic heterocycles. The summed E-state index contributed by atoms with van der Waals surface area (Å²) in [6.07, 6.45) is 0.0321. The van der Waals surface area contributed by atoms with E-state index in [1.807, 2.05) is 37.3 Å². The van der Waals surface area contributed by atoms with Gasteiger partial charge in [0.1, 0.15) is 17.6 Å². The molecule has 0 saturated carbocycles. The van der Waals surface area contributed by atoms with Gasteiger partial charge in [0.25, 0.3) is 0 Å². The molecule has 2 amide bonds. The molecule has 3 aromatic rings. The fraction of sp³-hybridized carbons (Fsp3) is 0.190. The number of anilines is 2. The molecular weight excluding hydrogens is 356 g/mol. The van der Waals surface area contributed by atoms with Crippen LogP contribution >= 0.6 is 0 Å². The Morgan fingerprint density at radius 2 is 1.89 bits per heavy atom. The molecular formula is C21H20N4O3. The van der Waals surface area contributed by atoms with Crippen LogP contribution in [0.25, 0.3) is 11.3 Å². The van der Waals surface area contributed by atoms with Gasteiger partial charge in [-0.25, -0.2) is 4.68 Å². The summed E-state index contributed by atoms with van der Waals surface area (Å²) in [5, 5.41) is 10.4. The van der Waals surface area contributed by atoms with Gasteiger partial charge in [-0.3, -0.25) is 9.59 Å². The molecule has 4 rings (SSSR count). The molecule has 1 atom stereocenters. The number of fused-ring (bicyclic) bond motifs is 1. The predicted octanol–water partition coefficient (Wildman–Crippen LogP) is 3.39. The Labute approximate surface area is 162 Å². The van der Waals surface area contributed by atoms with Gasteiger partial charge in [-0.1, -0.05) is 30.3 Å². The number of methoxy groups -OCH3 is 1. The smallest absolute Gasteiger partial charge is 0.249 e. The molecule has 0 radical (unpaired) electrons. The first-order chi connectivity index (χ1) is 13.6. The third-order valence-electron chi connectivity index (χ3n) is 4.79. The van der Waals surface area contributed by atoms with Crippen LogP contribution in [0.4, 0.5) is 11.5 Å². The van der Waals surface area contributed by atoms with Crippen molar-refractivity contribution in [1.82, 2.24) is 9.78 Å². The van der Waals surface area contributed by atoms with Crippen molar-refractivity contribution in [3.05, 3.63) is 60.2 Å². The molecule has 0 spiro atoms. The zero-order valence-electron chi connectivity index (χ0n) is 15.6. The number of ether oxygens (including phenoxy) is 1. The Kier molecular flexibility index (Phi) is 4.57. The number of hydrogen-bond donors (Lipinski definition) is 2. The van der Waals surface area contributed by atoms with E-state index < -0.39 is 6.04 Å². The third kappa shape index (κ3) is 3.22. The van der Waals surface area contributed by atoms with Crippen LogP contribution in [0.15, 0.2) is 54.6 Å². The van der Waals surface area contributed by atoms with Crippen molar-refractivity contribution in [2.24, 2.45) is 0 Å². The molecule has 1 aromatic heterocycles. The van der Waals surface area contributed by atoms with Gasteiger partial charge >= 0.3 is 0 Å². The molecule has 0 bridgehead atoms. The molecule has 142 valence electrons. The van der Waals surface area contributed by atoms with E-state index in [2.05, 4.69) is 15.7 Å². The van der Waals surface area contributed by atoms with Gasteiger partial charge in [-0.05, 0) is 31.2 Å². The molecule has 0 unspecified atom stereocenters. The van der Waals surface area contributed by atoms with Crippen LogP contribution in [0.5, 0.6) is 5.75 Å². The molecule has 7 nitrogen and oxygen atoms in total. The van der Waals surface area contributed by atoms with Gasteiger partial charge in [0.2, 0.25) is 11.8 Å². The van der Waals surface area contributed by atoms with Gasteiger partial charge in [-0.2, -0.15) is 5.10 Å². The first-order valence-corrected chi connectivity index (χ1v) is 8.96. The Bertz CT molecular complexity index is 1030. The normalized spacial score (nSPS) is 15.5. The van der Waals surface area contributed by atoms with Gasteiger partial charge in [0, 0.05) is 16.8 Å². The van der Waals surface area contributed by atoms with Crippen molar-refractivity contribution in [2.45, 2.75) is 19.4 Å². The molecule has 7 heteroatoms. The van der Waals surface area contributed by atoms with Crippen LogP contribution in [0.3, 0.4) is 0 Å². The fourth-order valence-electron chi connectivity index (χ4n) is 3.31. The molecule has 0 fully saturated rings. The molecule has 2 heterocycles. The van der Waals surface area contributed by atoms with E-state index in [0.717, 1.165) is 16.8 Å². The number of carbonyl (C=O) groups is 2. The van der Waals surface area contributed by atoms with Crippen molar-refractivity contribution in [3.8, 4) is 17.0 Å². The molecule has 2 aromatic carbocycles. The van der Waals surface area contributed by atoms with Crippen molar-refractivity contribution < 1.29 is 14.3 Å². The monoisotopic (exact) mass is 376 g/mol. The fourth-order valence-corrected chi connectivity index (χ4v) is 3.31. The summed E-state index contributed by atoms with van der Waals surface area (Å²) in [4.78, 5) is 25.1. The van der Waals surface area contributed by atoms with Crippen LogP contribution in [0.1, 0.15) is 18.0 Å². The van der Waals surface area contributed by atoms with Gasteiger partial charge in [0.15, 0.2) is 0 Å². The first kappa shape index (κ1) is 17.8. The van der Waals surface area contributed by atoms with E-state index >= 15 is 0 Å². The standard InChI is InChI=1S/C21H20N4O3/c1-13-19(14-6-4-3-5-7-14)24-25-17(12-18(26)23-20(13)25)21(27)22-15-8-10-16(28-2)11-9-15/h3-11,17H,12H2,1-2H3,(H,22,27)(H,23,26)/t17-/m1/s1. The number of nitrogens with one attached hydrogen (secondary N) is 2. The number of benzene rings is 2. The van der Waals surface area contributed by atoms with Gasteiger partial charge in [-0.15, -0.1) is 0 Å². The predicted molar refractivity (Wildman–Crippen MR) is 106 cm³/mol. The SMILES string of the molecule is COc1ccc(NC(=O)[C@H]2CC(=O)Nc3c(C)c(-c4ccccc4)nn32)cc1. The van der Waals surface area contributed by atoms with Crippen molar-refractivity contribution in [1.29, 1.82) is 0 Å². The van der Waals surface area contributed by atoms with Crippen molar-refractivity contribution >= 4 is 23.3 Å². The summed E-state index contributed by atoms with van der Waals surface area (Å²) in [5.74, 6) is 0.769. The Morgan fingerprint density at radius 3 is 2.57 bits per heavy atom. The second kappa shape index (κ2) is 7.19. The lowest BCUT2D eigenvalue weighted by atomic mass is 10.1. The molecule has 2 N–H and O–H groups in total. The minimum absolute atomic E-state index is 0.0321. The maximum atomic E-state index is 12.9. The zero-order chi connectivity index (χ0) is 19.7. The summed E-state index contributed by atoms with van der Waals surface area (Å²) in [6.45, 7) is 1.89. The maximum Gasteiger partial charge on any atom is 0.249 e. The van der Waals surface area contributed by atoms with Crippen molar-refractivity contribution in [3.63, 3.8) is 0 Å². The lowest BCUT2D eigenvalue weighted by molar-refractivity contribution is -0.125. The summed E-state index contributed by atoms with van der Waals surface area (Å²) in [5.41, 5.74) is 3.15. The number of carbonyl (C=O) groups excluding carboxylic acids is 2. The summed E-state index contributed by atoms with van der Waals surface area (Å²) >= 11 is 0. The quantitative estimate of drug-likeness (QED) is 0.731. The Morgan fingerprint density at radius 1 is 1.18 bits per heavy atom. The highest BCUT2D eigenvalue weighted by atomic mass is 16.5. The van der Waals surface area contributed by atoms with E-state index in [4.69, 9.17) is 4.74 Å². The van der Waals surface area contributed by atoms with Crippen LogP contribution in [-0.4, -0.2) is 28.7 Å². The Balaban J connectivity index is 1.66. The number of nitrogens with zero attached hydrogens (tertiary/aromatic N) is 2. The Hall–Kier alpha value is -3.61. The molecule has 0 aliphatic carbocycles. The minimum Gasteiger partial charge on any atom is -0.497 e.